The third-order valence-electron chi connectivity index (χ3n) is 3.89. The van der Waals surface area contributed by atoms with Crippen molar-refractivity contribution in [2.24, 2.45) is 5.41 Å². The first-order valence-corrected chi connectivity index (χ1v) is 8.39. The number of amides is 1. The lowest BCUT2D eigenvalue weighted by molar-refractivity contribution is -0.123. The topological polar surface area (TPSA) is 47.6 Å². The largest absolute Gasteiger partial charge is 0.497 e. The van der Waals surface area contributed by atoms with E-state index in [0.29, 0.717) is 6.42 Å². The van der Waals surface area contributed by atoms with E-state index in [1.54, 1.807) is 14.2 Å². The van der Waals surface area contributed by atoms with Crippen LogP contribution in [0.25, 0.3) is 0 Å². The zero-order chi connectivity index (χ0) is 18.4. The van der Waals surface area contributed by atoms with Gasteiger partial charge in [-0.25, -0.2) is 0 Å². The van der Waals surface area contributed by atoms with E-state index >= 15 is 0 Å². The first-order chi connectivity index (χ1) is 11.8. The van der Waals surface area contributed by atoms with Gasteiger partial charge in [0.1, 0.15) is 11.5 Å². The molecular formula is C21H27NO3. The molecule has 0 saturated heterocycles. The molecule has 0 aliphatic rings. The maximum absolute atomic E-state index is 12.5. The lowest BCUT2D eigenvalue weighted by atomic mass is 9.91. The second kappa shape index (κ2) is 8.06. The molecule has 4 nitrogen and oxygen atoms in total. The van der Waals surface area contributed by atoms with Crippen LogP contribution in [0.4, 0.5) is 0 Å². The van der Waals surface area contributed by atoms with Crippen LogP contribution in [0.15, 0.2) is 48.5 Å². The molecule has 0 aromatic heterocycles. The highest BCUT2D eigenvalue weighted by molar-refractivity contribution is 5.77. The smallest absolute Gasteiger partial charge is 0.221 e. The Labute approximate surface area is 150 Å². The van der Waals surface area contributed by atoms with Crippen molar-refractivity contribution in [2.75, 3.05) is 14.2 Å². The van der Waals surface area contributed by atoms with Gasteiger partial charge in [-0.1, -0.05) is 45.0 Å². The van der Waals surface area contributed by atoms with Gasteiger partial charge in [0.05, 0.1) is 20.3 Å². The number of methoxy groups -OCH3 is 2. The van der Waals surface area contributed by atoms with E-state index in [2.05, 4.69) is 26.1 Å². The van der Waals surface area contributed by atoms with Crippen molar-refractivity contribution < 1.29 is 14.3 Å². The van der Waals surface area contributed by atoms with Gasteiger partial charge in [0, 0.05) is 6.42 Å². The summed E-state index contributed by atoms with van der Waals surface area (Å²) in [5.74, 6) is 1.61. The van der Waals surface area contributed by atoms with Crippen LogP contribution in [-0.4, -0.2) is 20.1 Å². The van der Waals surface area contributed by atoms with Crippen molar-refractivity contribution in [2.45, 2.75) is 33.2 Å². The Morgan fingerprint density at radius 2 is 1.28 bits per heavy atom. The van der Waals surface area contributed by atoms with E-state index in [0.717, 1.165) is 22.6 Å². The molecule has 2 rings (SSSR count). The molecule has 0 heterocycles. The van der Waals surface area contributed by atoms with Gasteiger partial charge in [0.25, 0.3) is 0 Å². The van der Waals surface area contributed by atoms with Gasteiger partial charge in [-0.15, -0.1) is 0 Å². The molecule has 2 aromatic carbocycles. The maximum Gasteiger partial charge on any atom is 0.221 e. The Bertz CT molecular complexity index is 637. The van der Waals surface area contributed by atoms with Crippen molar-refractivity contribution in [3.05, 3.63) is 59.7 Å². The summed E-state index contributed by atoms with van der Waals surface area (Å²) < 4.78 is 10.5. The Balaban J connectivity index is 2.30. The predicted octanol–water partition coefficient (Wildman–Crippen LogP) is 4.35. The molecule has 134 valence electrons. The highest BCUT2D eigenvalue weighted by Crippen LogP contribution is 2.27. The zero-order valence-corrected chi connectivity index (χ0v) is 15.6. The van der Waals surface area contributed by atoms with E-state index in [4.69, 9.17) is 9.47 Å². The van der Waals surface area contributed by atoms with Gasteiger partial charge in [-0.2, -0.15) is 0 Å². The minimum Gasteiger partial charge on any atom is -0.497 e. The minimum atomic E-state index is -0.216. The average Bonchev–Trinajstić information content (AvgIpc) is 2.58. The summed E-state index contributed by atoms with van der Waals surface area (Å²) in [5.41, 5.74) is 1.95. The third-order valence-corrected chi connectivity index (χ3v) is 3.89. The van der Waals surface area contributed by atoms with E-state index in [-0.39, 0.29) is 17.4 Å². The fourth-order valence-corrected chi connectivity index (χ4v) is 2.65. The Morgan fingerprint density at radius 3 is 1.60 bits per heavy atom. The molecule has 0 bridgehead atoms. The molecule has 0 aliphatic heterocycles. The van der Waals surface area contributed by atoms with Crippen molar-refractivity contribution in [1.29, 1.82) is 0 Å². The maximum atomic E-state index is 12.5. The number of ether oxygens (including phenoxy) is 2. The molecular weight excluding hydrogens is 314 g/mol. The van der Waals surface area contributed by atoms with Gasteiger partial charge in [0.15, 0.2) is 0 Å². The monoisotopic (exact) mass is 341 g/mol. The molecule has 4 heteroatoms. The number of hydrogen-bond acceptors (Lipinski definition) is 3. The molecule has 0 fully saturated rings. The first-order valence-electron chi connectivity index (χ1n) is 8.39. The molecule has 25 heavy (non-hydrogen) atoms. The summed E-state index contributed by atoms with van der Waals surface area (Å²) in [6.45, 7) is 6.17. The normalized spacial score (nSPS) is 11.3. The van der Waals surface area contributed by atoms with Crippen LogP contribution in [0.1, 0.15) is 44.4 Å². The van der Waals surface area contributed by atoms with Gasteiger partial charge in [-0.05, 0) is 40.8 Å². The molecule has 0 aliphatic carbocycles. The summed E-state index contributed by atoms with van der Waals surface area (Å²) in [5, 5.41) is 3.16. The number of carbonyl (C=O) groups excluding carboxylic acids is 1. The molecule has 1 N–H and O–H groups in total. The van der Waals surface area contributed by atoms with Gasteiger partial charge < -0.3 is 14.8 Å². The molecule has 0 saturated carbocycles. The quantitative estimate of drug-likeness (QED) is 0.850. The second-order valence-corrected chi connectivity index (χ2v) is 7.28. The van der Waals surface area contributed by atoms with Gasteiger partial charge in [-0.3, -0.25) is 4.79 Å². The number of hydrogen-bond donors (Lipinski definition) is 1. The fraction of sp³-hybridized carbons (Fsp3) is 0.381. The molecule has 0 unspecified atom stereocenters. The van der Waals surface area contributed by atoms with Gasteiger partial charge in [0.2, 0.25) is 5.91 Å². The number of carbonyl (C=O) groups is 1. The molecule has 1 amide bonds. The summed E-state index contributed by atoms with van der Waals surface area (Å²) in [7, 11) is 3.28. The summed E-state index contributed by atoms with van der Waals surface area (Å²) in [6, 6.07) is 15.3. The highest BCUT2D eigenvalue weighted by Gasteiger charge is 2.21. The number of benzene rings is 2. The highest BCUT2D eigenvalue weighted by atomic mass is 16.5. The van der Waals surface area contributed by atoms with E-state index in [1.807, 2.05) is 48.5 Å². The van der Waals surface area contributed by atoms with Crippen LogP contribution in [-0.2, 0) is 4.79 Å². The van der Waals surface area contributed by atoms with E-state index < -0.39 is 0 Å². The van der Waals surface area contributed by atoms with Crippen LogP contribution >= 0.6 is 0 Å². The van der Waals surface area contributed by atoms with Crippen LogP contribution in [0.3, 0.4) is 0 Å². The Hall–Kier alpha value is -2.49. The molecule has 2 aromatic rings. The molecule has 0 atom stereocenters. The standard InChI is InChI=1S/C21H27NO3/c1-21(2,3)14-19(23)22-20(15-6-10-17(24-4)11-7-15)16-8-12-18(25-5)13-9-16/h6-13,20H,14H2,1-5H3,(H,22,23). The van der Waals surface area contributed by atoms with E-state index in [9.17, 15) is 4.79 Å². The van der Waals surface area contributed by atoms with E-state index in [1.165, 1.54) is 0 Å². The lowest BCUT2D eigenvalue weighted by Gasteiger charge is -2.23. The van der Waals surface area contributed by atoms with Crippen molar-refractivity contribution >= 4 is 5.91 Å². The van der Waals surface area contributed by atoms with Crippen LogP contribution in [0.5, 0.6) is 11.5 Å². The minimum absolute atomic E-state index is 0.0316. The summed E-state index contributed by atoms with van der Waals surface area (Å²) in [4.78, 5) is 12.5. The van der Waals surface area contributed by atoms with Crippen LogP contribution in [0.2, 0.25) is 0 Å². The fourth-order valence-electron chi connectivity index (χ4n) is 2.65. The molecule has 0 spiro atoms. The number of rotatable bonds is 6. The zero-order valence-electron chi connectivity index (χ0n) is 15.6. The summed E-state index contributed by atoms with van der Waals surface area (Å²) in [6.07, 6.45) is 0.468. The first kappa shape index (κ1) is 18.8. The second-order valence-electron chi connectivity index (χ2n) is 7.28. The molecule has 0 radical (unpaired) electrons. The number of nitrogens with one attached hydrogen (secondary N) is 1. The Kier molecular flexibility index (Phi) is 6.07. The summed E-state index contributed by atoms with van der Waals surface area (Å²) >= 11 is 0. The average molecular weight is 341 g/mol. The Morgan fingerprint density at radius 1 is 0.880 bits per heavy atom. The van der Waals surface area contributed by atoms with Crippen molar-refractivity contribution in [3.63, 3.8) is 0 Å². The predicted molar refractivity (Wildman–Crippen MR) is 100 cm³/mol. The van der Waals surface area contributed by atoms with Crippen LogP contribution in [0, 0.1) is 5.41 Å². The lowest BCUT2D eigenvalue weighted by Crippen LogP contribution is -2.32. The van der Waals surface area contributed by atoms with Crippen molar-refractivity contribution in [3.8, 4) is 11.5 Å². The SMILES string of the molecule is COc1ccc(C(NC(=O)CC(C)(C)C)c2ccc(OC)cc2)cc1. The third kappa shape index (κ3) is 5.52. The van der Waals surface area contributed by atoms with Crippen molar-refractivity contribution in [1.82, 2.24) is 5.32 Å². The van der Waals surface area contributed by atoms with Crippen LogP contribution < -0.4 is 14.8 Å². The van der Waals surface area contributed by atoms with Gasteiger partial charge >= 0.3 is 0 Å².